The zero-order valence-electron chi connectivity index (χ0n) is 13.2. The quantitative estimate of drug-likeness (QED) is 0.869. The van der Waals surface area contributed by atoms with E-state index in [0.717, 1.165) is 35.6 Å². The lowest BCUT2D eigenvalue weighted by molar-refractivity contribution is -0.115. The lowest BCUT2D eigenvalue weighted by Gasteiger charge is -2.20. The highest BCUT2D eigenvalue weighted by molar-refractivity contribution is 6.15. The zero-order valence-corrected chi connectivity index (χ0v) is 13.2. The highest BCUT2D eigenvalue weighted by Gasteiger charge is 2.27. The summed E-state index contributed by atoms with van der Waals surface area (Å²) in [7, 11) is 1.64. The summed E-state index contributed by atoms with van der Waals surface area (Å²) < 4.78 is 5.36. The predicted octanol–water partition coefficient (Wildman–Crippen LogP) is 3.45. The number of ether oxygens (including phenoxy) is 1. The molecule has 0 atom stereocenters. The largest absolute Gasteiger partial charge is 0.496 e. The molecule has 1 heterocycles. The van der Waals surface area contributed by atoms with E-state index in [-0.39, 0.29) is 5.91 Å². The Morgan fingerprint density at radius 3 is 2.77 bits per heavy atom. The molecule has 0 bridgehead atoms. The van der Waals surface area contributed by atoms with Gasteiger partial charge in [-0.15, -0.1) is 0 Å². The second kappa shape index (κ2) is 6.34. The third kappa shape index (κ3) is 3.06. The number of methoxy groups -OCH3 is 1. The van der Waals surface area contributed by atoms with Crippen molar-refractivity contribution in [3.8, 4) is 5.75 Å². The van der Waals surface area contributed by atoms with Gasteiger partial charge in [-0.2, -0.15) is 0 Å². The first-order valence-electron chi connectivity index (χ1n) is 7.93. The maximum Gasteiger partial charge on any atom is 0.275 e. The third-order valence-electron chi connectivity index (χ3n) is 4.38. The molecule has 4 heteroatoms. The molecule has 1 saturated carbocycles. The molecule has 1 amide bonds. The van der Waals surface area contributed by atoms with E-state index < -0.39 is 0 Å². The van der Waals surface area contributed by atoms with Gasteiger partial charge in [0.05, 0.1) is 7.11 Å². The third-order valence-corrected chi connectivity index (χ3v) is 4.38. The summed E-state index contributed by atoms with van der Waals surface area (Å²) in [6.45, 7) is 2.02. The van der Waals surface area contributed by atoms with Gasteiger partial charge in [0.2, 0.25) is 0 Å². The first-order chi connectivity index (χ1) is 10.7. The first kappa shape index (κ1) is 14.8. The van der Waals surface area contributed by atoms with Crippen LogP contribution < -0.4 is 10.1 Å². The maximum absolute atomic E-state index is 12.2. The number of amides is 1. The van der Waals surface area contributed by atoms with E-state index in [1.807, 2.05) is 31.2 Å². The Kier molecular flexibility index (Phi) is 4.27. The minimum Gasteiger partial charge on any atom is -0.496 e. The Hall–Kier alpha value is -2.10. The molecule has 1 aromatic carbocycles. The van der Waals surface area contributed by atoms with Crippen molar-refractivity contribution in [2.45, 2.75) is 39.0 Å². The standard InChI is InChI=1S/C18H22N2O2/c1-12-8-9-16(22-2)14(10-12)11-15-18(21)20-17(19-15)13-6-4-3-5-7-13/h8-11,13H,3-7H2,1-2H3,(H,19,20,21)/b15-11+. The second-order valence-electron chi connectivity index (χ2n) is 6.06. The topological polar surface area (TPSA) is 50.7 Å². The molecule has 0 spiro atoms. The van der Waals surface area contributed by atoms with Crippen molar-refractivity contribution in [2.75, 3.05) is 7.11 Å². The number of hydrogen-bond donors (Lipinski definition) is 1. The minimum atomic E-state index is -0.107. The van der Waals surface area contributed by atoms with Crippen LogP contribution in [0.3, 0.4) is 0 Å². The maximum atomic E-state index is 12.2. The van der Waals surface area contributed by atoms with Crippen molar-refractivity contribution in [3.05, 3.63) is 35.0 Å². The highest BCUT2D eigenvalue weighted by atomic mass is 16.5. The fraction of sp³-hybridized carbons (Fsp3) is 0.444. The molecule has 22 heavy (non-hydrogen) atoms. The number of aliphatic imine (C=N–C) groups is 1. The number of nitrogens with zero attached hydrogens (tertiary/aromatic N) is 1. The van der Waals surface area contributed by atoms with E-state index in [1.165, 1.54) is 19.3 Å². The molecule has 2 aliphatic rings. The van der Waals surface area contributed by atoms with Crippen LogP contribution in [-0.4, -0.2) is 18.9 Å². The van der Waals surface area contributed by atoms with Gasteiger partial charge in [-0.3, -0.25) is 4.79 Å². The fourth-order valence-corrected chi connectivity index (χ4v) is 3.17. The van der Waals surface area contributed by atoms with Gasteiger partial charge in [-0.1, -0.05) is 30.9 Å². The van der Waals surface area contributed by atoms with Crippen molar-refractivity contribution in [1.29, 1.82) is 0 Å². The molecule has 0 unspecified atom stereocenters. The van der Waals surface area contributed by atoms with Crippen molar-refractivity contribution >= 4 is 17.8 Å². The molecule has 3 rings (SSSR count). The number of hydrogen-bond acceptors (Lipinski definition) is 3. The molecule has 0 aromatic heterocycles. The van der Waals surface area contributed by atoms with Gasteiger partial charge in [0.1, 0.15) is 17.3 Å². The van der Waals surface area contributed by atoms with Crippen molar-refractivity contribution in [3.63, 3.8) is 0 Å². The predicted molar refractivity (Wildman–Crippen MR) is 87.9 cm³/mol. The molecular formula is C18H22N2O2. The number of amidine groups is 1. The highest BCUT2D eigenvalue weighted by Crippen LogP contribution is 2.28. The molecular weight excluding hydrogens is 276 g/mol. The van der Waals surface area contributed by atoms with Crippen molar-refractivity contribution in [2.24, 2.45) is 10.9 Å². The fourth-order valence-electron chi connectivity index (χ4n) is 3.17. The Labute approximate surface area is 131 Å². The van der Waals surface area contributed by atoms with Crippen LogP contribution in [0.15, 0.2) is 28.9 Å². The average molecular weight is 298 g/mol. The molecule has 116 valence electrons. The van der Waals surface area contributed by atoms with E-state index in [9.17, 15) is 4.79 Å². The summed E-state index contributed by atoms with van der Waals surface area (Å²) in [6.07, 6.45) is 7.81. The van der Waals surface area contributed by atoms with Gasteiger partial charge in [0.25, 0.3) is 5.91 Å². The van der Waals surface area contributed by atoms with E-state index >= 15 is 0 Å². The van der Waals surface area contributed by atoms with Crippen LogP contribution in [0.4, 0.5) is 0 Å². The molecule has 1 aliphatic carbocycles. The van der Waals surface area contributed by atoms with E-state index in [2.05, 4.69) is 10.3 Å². The van der Waals surface area contributed by atoms with Crippen LogP contribution in [0.25, 0.3) is 6.08 Å². The van der Waals surface area contributed by atoms with Crippen LogP contribution in [0, 0.1) is 12.8 Å². The molecule has 1 N–H and O–H groups in total. The number of nitrogens with one attached hydrogen (secondary N) is 1. The molecule has 1 aromatic rings. The summed E-state index contributed by atoms with van der Waals surface area (Å²) in [4.78, 5) is 16.7. The monoisotopic (exact) mass is 298 g/mol. The van der Waals surface area contributed by atoms with Crippen LogP contribution in [-0.2, 0) is 4.79 Å². The first-order valence-corrected chi connectivity index (χ1v) is 7.93. The van der Waals surface area contributed by atoms with Crippen LogP contribution in [0.2, 0.25) is 0 Å². The number of rotatable bonds is 3. The van der Waals surface area contributed by atoms with Crippen molar-refractivity contribution < 1.29 is 9.53 Å². The Morgan fingerprint density at radius 1 is 1.27 bits per heavy atom. The smallest absolute Gasteiger partial charge is 0.275 e. The van der Waals surface area contributed by atoms with Gasteiger partial charge in [-0.25, -0.2) is 4.99 Å². The van der Waals surface area contributed by atoms with Gasteiger partial charge in [-0.05, 0) is 38.0 Å². The van der Waals surface area contributed by atoms with Gasteiger partial charge < -0.3 is 10.1 Å². The van der Waals surface area contributed by atoms with E-state index in [1.54, 1.807) is 7.11 Å². The second-order valence-corrected chi connectivity index (χ2v) is 6.06. The Balaban J connectivity index is 1.89. The Morgan fingerprint density at radius 2 is 2.05 bits per heavy atom. The summed E-state index contributed by atoms with van der Waals surface area (Å²) in [5.74, 6) is 1.90. The number of aryl methyl sites for hydroxylation is 1. The van der Waals surface area contributed by atoms with Crippen LogP contribution in [0.1, 0.15) is 43.2 Å². The molecule has 4 nitrogen and oxygen atoms in total. The number of carbonyl (C=O) groups is 1. The number of benzene rings is 1. The molecule has 0 radical (unpaired) electrons. The summed E-state index contributed by atoms with van der Waals surface area (Å²) in [6, 6.07) is 5.92. The summed E-state index contributed by atoms with van der Waals surface area (Å²) >= 11 is 0. The minimum absolute atomic E-state index is 0.107. The van der Waals surface area contributed by atoms with Crippen molar-refractivity contribution in [1.82, 2.24) is 5.32 Å². The van der Waals surface area contributed by atoms with Gasteiger partial charge in [0, 0.05) is 11.5 Å². The SMILES string of the molecule is COc1ccc(C)cc1/C=C1/N=C(C2CCCCC2)NC1=O. The summed E-state index contributed by atoms with van der Waals surface area (Å²) in [5, 5.41) is 2.95. The van der Waals surface area contributed by atoms with E-state index in [0.29, 0.717) is 11.6 Å². The summed E-state index contributed by atoms with van der Waals surface area (Å²) in [5.41, 5.74) is 2.49. The number of carbonyl (C=O) groups excluding carboxylic acids is 1. The van der Waals surface area contributed by atoms with Crippen LogP contribution in [0.5, 0.6) is 5.75 Å². The zero-order chi connectivity index (χ0) is 15.5. The molecule has 1 fully saturated rings. The lowest BCUT2D eigenvalue weighted by atomic mass is 9.88. The van der Waals surface area contributed by atoms with Gasteiger partial charge in [0.15, 0.2) is 0 Å². The molecule has 0 saturated heterocycles. The molecule has 1 aliphatic heterocycles. The van der Waals surface area contributed by atoms with Crippen LogP contribution >= 0.6 is 0 Å². The lowest BCUT2D eigenvalue weighted by Crippen LogP contribution is -2.31. The van der Waals surface area contributed by atoms with Gasteiger partial charge >= 0.3 is 0 Å². The van der Waals surface area contributed by atoms with E-state index in [4.69, 9.17) is 4.74 Å². The normalized spacial score (nSPS) is 20.9. The Bertz CT molecular complexity index is 640. The average Bonchev–Trinajstić information content (AvgIpc) is 2.90.